The molecule has 1 aliphatic rings. The highest BCUT2D eigenvalue weighted by Crippen LogP contribution is 2.36. The van der Waals surface area contributed by atoms with E-state index in [-0.39, 0.29) is 24.6 Å². The van der Waals surface area contributed by atoms with Crippen molar-refractivity contribution in [1.29, 1.82) is 0 Å². The highest BCUT2D eigenvalue weighted by molar-refractivity contribution is 5.92. The summed E-state index contributed by atoms with van der Waals surface area (Å²) in [6.45, 7) is 0.173. The Hall–Kier alpha value is -3.31. The first kappa shape index (κ1) is 20.9. The molecule has 0 unspecified atom stereocenters. The molecule has 2 N–H and O–H groups in total. The van der Waals surface area contributed by atoms with Crippen LogP contribution < -0.4 is 10.2 Å². The zero-order valence-corrected chi connectivity index (χ0v) is 16.2. The fourth-order valence-electron chi connectivity index (χ4n) is 3.75. The molecular weight excluding hydrogens is 423 g/mol. The Labute approximate surface area is 172 Å². The topological polar surface area (TPSA) is 86.8 Å². The van der Waals surface area contributed by atoms with Crippen LogP contribution in [0.15, 0.2) is 24.7 Å². The van der Waals surface area contributed by atoms with Gasteiger partial charge in [0.1, 0.15) is 23.5 Å². The van der Waals surface area contributed by atoms with Crippen LogP contribution in [-0.2, 0) is 4.79 Å². The number of nitrogens with one attached hydrogen (secondary N) is 2. The van der Waals surface area contributed by atoms with E-state index in [4.69, 9.17) is 0 Å². The second-order valence-electron chi connectivity index (χ2n) is 7.44. The van der Waals surface area contributed by atoms with Crippen LogP contribution in [0.5, 0.6) is 0 Å². The van der Waals surface area contributed by atoms with Gasteiger partial charge in [0.2, 0.25) is 5.91 Å². The molecule has 3 aromatic heterocycles. The predicted molar refractivity (Wildman–Crippen MR) is 101 cm³/mol. The van der Waals surface area contributed by atoms with E-state index in [9.17, 15) is 26.7 Å². The molecule has 4 heterocycles. The van der Waals surface area contributed by atoms with Gasteiger partial charge in [0.05, 0.1) is 12.4 Å². The summed E-state index contributed by atoms with van der Waals surface area (Å²) in [7, 11) is 0. The quantitative estimate of drug-likeness (QED) is 0.608. The van der Waals surface area contributed by atoms with E-state index in [0.29, 0.717) is 23.0 Å². The Morgan fingerprint density at radius 2 is 2.06 bits per heavy atom. The molecule has 4 rings (SSSR count). The molecule has 0 bridgehead atoms. The number of rotatable bonds is 4. The van der Waals surface area contributed by atoms with Crippen molar-refractivity contribution in [3.63, 3.8) is 0 Å². The van der Waals surface area contributed by atoms with Gasteiger partial charge in [-0.3, -0.25) is 4.79 Å². The van der Waals surface area contributed by atoms with Gasteiger partial charge in [-0.2, -0.15) is 13.2 Å². The summed E-state index contributed by atoms with van der Waals surface area (Å²) in [6.07, 6.45) is -0.451. The average Bonchev–Trinajstić information content (AvgIpc) is 3.30. The van der Waals surface area contributed by atoms with E-state index in [1.54, 1.807) is 0 Å². The van der Waals surface area contributed by atoms with Crippen molar-refractivity contribution in [2.45, 2.75) is 31.5 Å². The summed E-state index contributed by atoms with van der Waals surface area (Å²) in [5, 5.41) is 2.25. The van der Waals surface area contributed by atoms with Gasteiger partial charge in [0.25, 0.3) is 0 Å². The molecule has 1 atom stereocenters. The zero-order chi connectivity index (χ0) is 22.4. The molecule has 7 nitrogen and oxygen atoms in total. The summed E-state index contributed by atoms with van der Waals surface area (Å²) >= 11 is 0. The molecule has 3 aromatic rings. The number of aromatic amines is 1. The molecule has 1 amide bonds. The number of amides is 1. The van der Waals surface area contributed by atoms with Crippen LogP contribution in [0.3, 0.4) is 0 Å². The Balaban J connectivity index is 1.70. The van der Waals surface area contributed by atoms with Crippen LogP contribution >= 0.6 is 0 Å². The second-order valence-corrected chi connectivity index (χ2v) is 7.44. The number of carbonyl (C=O) groups excluding carboxylic acids is 1. The smallest absolute Gasteiger partial charge is 0.345 e. The van der Waals surface area contributed by atoms with Gasteiger partial charge in [-0.25, -0.2) is 23.7 Å². The Kier molecular flexibility index (Phi) is 5.02. The molecular formula is C19H17F5N6O. The summed E-state index contributed by atoms with van der Waals surface area (Å²) in [5.41, 5.74) is -0.680. The van der Waals surface area contributed by atoms with Gasteiger partial charge in [-0.1, -0.05) is 0 Å². The van der Waals surface area contributed by atoms with Crippen molar-refractivity contribution in [3.05, 3.63) is 36.3 Å². The van der Waals surface area contributed by atoms with Gasteiger partial charge in [0.15, 0.2) is 17.5 Å². The average molecular weight is 440 g/mol. The third-order valence-corrected chi connectivity index (χ3v) is 5.30. The molecule has 1 fully saturated rings. The lowest BCUT2D eigenvalue weighted by Crippen LogP contribution is -2.55. The second kappa shape index (κ2) is 7.43. The predicted octanol–water partition coefficient (Wildman–Crippen LogP) is 3.34. The summed E-state index contributed by atoms with van der Waals surface area (Å²) in [5.74, 6) is -2.44. The van der Waals surface area contributed by atoms with E-state index in [1.807, 2.05) is 5.32 Å². The largest absolute Gasteiger partial charge is 0.405 e. The molecule has 1 aliphatic heterocycles. The number of H-pyrrole nitrogens is 1. The van der Waals surface area contributed by atoms with Crippen molar-refractivity contribution in [2.24, 2.45) is 0 Å². The van der Waals surface area contributed by atoms with Gasteiger partial charge in [0, 0.05) is 23.7 Å². The van der Waals surface area contributed by atoms with Gasteiger partial charge < -0.3 is 15.2 Å². The highest BCUT2D eigenvalue weighted by Gasteiger charge is 2.46. The highest BCUT2D eigenvalue weighted by atomic mass is 19.4. The fraction of sp³-hybridized carbons (Fsp3) is 0.368. The van der Waals surface area contributed by atoms with Gasteiger partial charge in [-0.05, 0) is 25.8 Å². The number of hydrogen-bond donors (Lipinski definition) is 2. The third-order valence-electron chi connectivity index (χ3n) is 5.30. The SMILES string of the molecule is C[C@]1(C(=O)NCC(F)(F)F)CCCN1c1nc(-c2c[nH]c3ncc(F)cc23)ncc1F. The summed E-state index contributed by atoms with van der Waals surface area (Å²) in [6, 6.07) is 1.23. The standard InChI is InChI=1S/C19H17F5N6O/c1-18(17(31)28-9-19(22,23)24)3-2-4-30(18)16-13(21)8-27-15(29-16)12-7-26-14-11(12)5-10(20)6-25-14/h5-8H,2-4,9H2,1H3,(H,25,26)(H,28,31)/t18-/m1/s1. The maximum absolute atomic E-state index is 14.7. The van der Waals surface area contributed by atoms with E-state index in [0.717, 1.165) is 12.4 Å². The van der Waals surface area contributed by atoms with Gasteiger partial charge >= 0.3 is 6.18 Å². The van der Waals surface area contributed by atoms with Crippen LogP contribution in [0.4, 0.5) is 27.8 Å². The lowest BCUT2D eigenvalue weighted by atomic mass is 9.97. The monoisotopic (exact) mass is 440 g/mol. The Bertz CT molecular complexity index is 1150. The number of carbonyl (C=O) groups is 1. The molecule has 1 saturated heterocycles. The molecule has 0 aliphatic carbocycles. The van der Waals surface area contributed by atoms with Crippen molar-refractivity contribution in [1.82, 2.24) is 25.3 Å². The normalized spacial score (nSPS) is 19.2. The van der Waals surface area contributed by atoms with E-state index in [1.165, 1.54) is 24.1 Å². The van der Waals surface area contributed by atoms with Gasteiger partial charge in [-0.15, -0.1) is 0 Å². The lowest BCUT2D eigenvalue weighted by molar-refractivity contribution is -0.141. The van der Waals surface area contributed by atoms with Crippen molar-refractivity contribution in [3.8, 4) is 11.4 Å². The molecule has 0 radical (unpaired) electrons. The van der Waals surface area contributed by atoms with Crippen LogP contribution in [0.1, 0.15) is 19.8 Å². The zero-order valence-electron chi connectivity index (χ0n) is 16.2. The minimum absolute atomic E-state index is 0.0556. The van der Waals surface area contributed by atoms with E-state index in [2.05, 4.69) is 19.9 Å². The number of halogens is 5. The van der Waals surface area contributed by atoms with Crippen molar-refractivity contribution < 1.29 is 26.7 Å². The van der Waals surface area contributed by atoms with E-state index >= 15 is 0 Å². The Morgan fingerprint density at radius 1 is 1.29 bits per heavy atom. The first-order valence-electron chi connectivity index (χ1n) is 9.37. The number of hydrogen-bond acceptors (Lipinski definition) is 5. The number of nitrogens with zero attached hydrogens (tertiary/aromatic N) is 4. The first-order chi connectivity index (χ1) is 14.6. The minimum atomic E-state index is -4.57. The lowest BCUT2D eigenvalue weighted by Gasteiger charge is -2.35. The van der Waals surface area contributed by atoms with Crippen LogP contribution in [0.25, 0.3) is 22.4 Å². The van der Waals surface area contributed by atoms with E-state index < -0.39 is 35.8 Å². The molecule has 0 spiro atoms. The number of pyridine rings is 1. The molecule has 0 aromatic carbocycles. The number of anilines is 1. The van der Waals surface area contributed by atoms with Crippen molar-refractivity contribution >= 4 is 22.8 Å². The number of fused-ring (bicyclic) bond motifs is 1. The maximum Gasteiger partial charge on any atom is 0.405 e. The minimum Gasteiger partial charge on any atom is -0.345 e. The summed E-state index contributed by atoms with van der Waals surface area (Å²) < 4.78 is 65.9. The number of aromatic nitrogens is 4. The maximum atomic E-state index is 14.7. The fourth-order valence-corrected chi connectivity index (χ4v) is 3.75. The Morgan fingerprint density at radius 3 is 2.81 bits per heavy atom. The van der Waals surface area contributed by atoms with Crippen LogP contribution in [0.2, 0.25) is 0 Å². The van der Waals surface area contributed by atoms with Crippen LogP contribution in [-0.4, -0.2) is 50.6 Å². The molecule has 31 heavy (non-hydrogen) atoms. The summed E-state index contributed by atoms with van der Waals surface area (Å²) in [4.78, 5) is 28.9. The van der Waals surface area contributed by atoms with Crippen LogP contribution in [0, 0.1) is 11.6 Å². The molecule has 164 valence electrons. The molecule has 12 heteroatoms. The first-order valence-corrected chi connectivity index (χ1v) is 9.37. The van der Waals surface area contributed by atoms with Crippen molar-refractivity contribution in [2.75, 3.05) is 18.0 Å². The number of alkyl halides is 3. The third kappa shape index (κ3) is 3.89. The molecule has 0 saturated carbocycles.